The first-order valence-corrected chi connectivity index (χ1v) is 7.92. The van der Waals surface area contributed by atoms with Gasteiger partial charge in [0.1, 0.15) is 11.5 Å². The van der Waals surface area contributed by atoms with Crippen LogP contribution >= 0.6 is 0 Å². The molecule has 0 atom stereocenters. The molecule has 0 spiro atoms. The van der Waals surface area contributed by atoms with Crippen LogP contribution < -0.4 is 10.6 Å². The number of hydrogen-bond acceptors (Lipinski definition) is 5. The summed E-state index contributed by atoms with van der Waals surface area (Å²) < 4.78 is 43.1. The molecule has 0 aliphatic carbocycles. The molecule has 0 saturated carbocycles. The van der Waals surface area contributed by atoms with Crippen LogP contribution in [0.3, 0.4) is 0 Å². The lowest BCUT2D eigenvalue weighted by molar-refractivity contribution is -0.137. The molecule has 1 aromatic carbocycles. The van der Waals surface area contributed by atoms with Crippen molar-refractivity contribution < 1.29 is 27.3 Å². The van der Waals surface area contributed by atoms with E-state index in [2.05, 4.69) is 20.8 Å². The second-order valence-electron chi connectivity index (χ2n) is 5.74. The Morgan fingerprint density at radius 2 is 1.82 bits per heavy atom. The van der Waals surface area contributed by atoms with Crippen LogP contribution in [0.15, 0.2) is 53.2 Å². The maximum absolute atomic E-state index is 12.8. The van der Waals surface area contributed by atoms with Crippen molar-refractivity contribution in [3.63, 3.8) is 0 Å². The first-order chi connectivity index (χ1) is 13.2. The van der Waals surface area contributed by atoms with Gasteiger partial charge in [0.2, 0.25) is 0 Å². The number of benzene rings is 1. The number of aromatic nitrogens is 2. The number of halogens is 3. The largest absolute Gasteiger partial charge is 0.416 e. The Balaban J connectivity index is 1.74. The average Bonchev–Trinajstić information content (AvgIpc) is 3.06. The van der Waals surface area contributed by atoms with Gasteiger partial charge in [-0.1, -0.05) is 11.2 Å². The molecule has 0 bridgehead atoms. The monoisotopic (exact) mass is 390 g/mol. The first-order valence-electron chi connectivity index (χ1n) is 7.92. The Hall–Kier alpha value is -3.69. The summed E-state index contributed by atoms with van der Waals surface area (Å²) in [4.78, 5) is 28.4. The summed E-state index contributed by atoms with van der Waals surface area (Å²) in [6, 6.07) is 8.30. The Morgan fingerprint density at radius 3 is 2.50 bits per heavy atom. The lowest BCUT2D eigenvalue weighted by Crippen LogP contribution is -2.17. The summed E-state index contributed by atoms with van der Waals surface area (Å²) in [7, 11) is 0. The second kappa shape index (κ2) is 7.51. The summed E-state index contributed by atoms with van der Waals surface area (Å²) in [5, 5.41) is 8.45. The second-order valence-corrected chi connectivity index (χ2v) is 5.74. The van der Waals surface area contributed by atoms with Gasteiger partial charge in [-0.15, -0.1) is 0 Å². The molecule has 0 unspecified atom stereocenters. The molecule has 0 radical (unpaired) electrons. The number of nitrogens with one attached hydrogen (secondary N) is 2. The van der Waals surface area contributed by atoms with Crippen molar-refractivity contribution in [2.75, 3.05) is 10.6 Å². The molecule has 0 saturated heterocycles. The number of carbonyl (C=O) groups excluding carboxylic acids is 2. The molecule has 2 heterocycles. The van der Waals surface area contributed by atoms with E-state index in [1.54, 1.807) is 6.92 Å². The molecule has 3 aromatic rings. The van der Waals surface area contributed by atoms with Crippen LogP contribution in [0, 0.1) is 6.92 Å². The number of amides is 2. The minimum Gasteiger partial charge on any atom is -0.360 e. The number of hydrogen-bond donors (Lipinski definition) is 2. The van der Waals surface area contributed by atoms with Gasteiger partial charge in [0, 0.05) is 23.5 Å². The normalized spacial score (nSPS) is 11.1. The van der Waals surface area contributed by atoms with E-state index in [9.17, 15) is 22.8 Å². The van der Waals surface area contributed by atoms with Gasteiger partial charge < -0.3 is 15.2 Å². The van der Waals surface area contributed by atoms with Gasteiger partial charge in [-0.05, 0) is 37.3 Å². The van der Waals surface area contributed by atoms with Crippen LogP contribution in [0.1, 0.15) is 32.2 Å². The number of aryl methyl sites for hydroxylation is 1. The first kappa shape index (κ1) is 19.1. The highest BCUT2D eigenvalue weighted by atomic mass is 19.4. The molecule has 144 valence electrons. The Bertz CT molecular complexity index is 1030. The smallest absolute Gasteiger partial charge is 0.360 e. The van der Waals surface area contributed by atoms with E-state index in [1.807, 2.05) is 0 Å². The fourth-order valence-corrected chi connectivity index (χ4v) is 2.28. The maximum Gasteiger partial charge on any atom is 0.416 e. The molecule has 3 rings (SSSR count). The minimum atomic E-state index is -4.53. The van der Waals surface area contributed by atoms with E-state index in [4.69, 9.17) is 4.52 Å². The van der Waals surface area contributed by atoms with Crippen molar-refractivity contribution in [3.05, 3.63) is 71.2 Å². The molecule has 0 aliphatic rings. The van der Waals surface area contributed by atoms with Crippen LogP contribution in [0.2, 0.25) is 0 Å². The average molecular weight is 390 g/mol. The van der Waals surface area contributed by atoms with Crippen LogP contribution in [0.5, 0.6) is 0 Å². The number of anilines is 2. The standard InChI is InChI=1S/C18H13F3N4O3/c1-10-7-15(25-28-10)24-16(26)11-5-6-22-14(8-11)17(27)23-13-4-2-3-12(9-13)18(19,20)21/h2-9H,1H3,(H,23,27)(H,24,25,26). The number of carbonyl (C=O) groups is 2. The van der Waals surface area contributed by atoms with Crippen molar-refractivity contribution in [1.82, 2.24) is 10.1 Å². The fourth-order valence-electron chi connectivity index (χ4n) is 2.28. The summed E-state index contributed by atoms with van der Waals surface area (Å²) in [6.07, 6.45) is -3.29. The Morgan fingerprint density at radius 1 is 1.04 bits per heavy atom. The lowest BCUT2D eigenvalue weighted by atomic mass is 10.1. The zero-order chi connectivity index (χ0) is 20.3. The van der Waals surface area contributed by atoms with Gasteiger partial charge in [0.25, 0.3) is 11.8 Å². The molecule has 28 heavy (non-hydrogen) atoms. The van der Waals surface area contributed by atoms with Crippen LogP contribution in [0.25, 0.3) is 0 Å². The fraction of sp³-hybridized carbons (Fsp3) is 0.111. The number of rotatable bonds is 4. The van der Waals surface area contributed by atoms with E-state index in [-0.39, 0.29) is 22.8 Å². The van der Waals surface area contributed by atoms with E-state index >= 15 is 0 Å². The highest BCUT2D eigenvalue weighted by molar-refractivity contribution is 6.07. The molecule has 0 fully saturated rings. The van der Waals surface area contributed by atoms with Crippen LogP contribution in [-0.2, 0) is 6.18 Å². The SMILES string of the molecule is Cc1cc(NC(=O)c2ccnc(C(=O)Nc3cccc(C(F)(F)F)c3)c2)no1. The molecular formula is C18H13F3N4O3. The summed E-state index contributed by atoms with van der Waals surface area (Å²) >= 11 is 0. The summed E-state index contributed by atoms with van der Waals surface area (Å²) in [5.74, 6) is -0.601. The van der Waals surface area contributed by atoms with Gasteiger partial charge in [0.05, 0.1) is 5.56 Å². The highest BCUT2D eigenvalue weighted by Gasteiger charge is 2.30. The lowest BCUT2D eigenvalue weighted by Gasteiger charge is -2.10. The van der Waals surface area contributed by atoms with E-state index in [0.717, 1.165) is 12.1 Å². The third kappa shape index (κ3) is 4.53. The van der Waals surface area contributed by atoms with Crippen molar-refractivity contribution in [1.29, 1.82) is 0 Å². The molecule has 0 aliphatic heterocycles. The molecule has 2 N–H and O–H groups in total. The predicted octanol–water partition coefficient (Wildman–Crippen LogP) is 3.90. The summed E-state index contributed by atoms with van der Waals surface area (Å²) in [6.45, 7) is 1.66. The quantitative estimate of drug-likeness (QED) is 0.704. The number of alkyl halides is 3. The minimum absolute atomic E-state index is 0.0467. The number of pyridine rings is 1. The Kier molecular flexibility index (Phi) is 5.12. The van der Waals surface area contributed by atoms with Crippen molar-refractivity contribution in [2.45, 2.75) is 13.1 Å². The third-order valence-corrected chi connectivity index (χ3v) is 3.57. The predicted molar refractivity (Wildman–Crippen MR) is 92.8 cm³/mol. The zero-order valence-electron chi connectivity index (χ0n) is 14.4. The molecular weight excluding hydrogens is 377 g/mol. The van der Waals surface area contributed by atoms with Gasteiger partial charge in [0.15, 0.2) is 5.82 Å². The van der Waals surface area contributed by atoms with Gasteiger partial charge in [-0.3, -0.25) is 14.6 Å². The summed E-state index contributed by atoms with van der Waals surface area (Å²) in [5.41, 5.74) is -0.963. The molecule has 2 aromatic heterocycles. The highest BCUT2D eigenvalue weighted by Crippen LogP contribution is 2.30. The Labute approximate surface area is 156 Å². The van der Waals surface area contributed by atoms with Crippen molar-refractivity contribution in [2.24, 2.45) is 0 Å². The van der Waals surface area contributed by atoms with Gasteiger partial charge in [-0.2, -0.15) is 13.2 Å². The number of nitrogens with zero attached hydrogens (tertiary/aromatic N) is 2. The molecule has 7 nitrogen and oxygen atoms in total. The van der Waals surface area contributed by atoms with E-state index in [1.165, 1.54) is 36.5 Å². The molecule has 10 heteroatoms. The van der Waals surface area contributed by atoms with E-state index < -0.39 is 23.6 Å². The van der Waals surface area contributed by atoms with Gasteiger partial charge in [-0.25, -0.2) is 0 Å². The van der Waals surface area contributed by atoms with Crippen molar-refractivity contribution in [3.8, 4) is 0 Å². The zero-order valence-corrected chi connectivity index (χ0v) is 14.4. The maximum atomic E-state index is 12.8. The van der Waals surface area contributed by atoms with Crippen LogP contribution in [0.4, 0.5) is 24.7 Å². The van der Waals surface area contributed by atoms with Crippen molar-refractivity contribution >= 4 is 23.3 Å². The molecule has 2 amide bonds. The van der Waals surface area contributed by atoms with Crippen LogP contribution in [-0.4, -0.2) is 22.0 Å². The van der Waals surface area contributed by atoms with Gasteiger partial charge >= 0.3 is 6.18 Å². The third-order valence-electron chi connectivity index (χ3n) is 3.57. The van der Waals surface area contributed by atoms with E-state index in [0.29, 0.717) is 5.76 Å². The topological polar surface area (TPSA) is 97.1 Å².